The van der Waals surface area contributed by atoms with Gasteiger partial charge in [-0.25, -0.2) is 4.98 Å². The lowest BCUT2D eigenvalue weighted by Crippen LogP contribution is -2.23. The Kier molecular flexibility index (Phi) is 4.88. The Morgan fingerprint density at radius 1 is 1.50 bits per heavy atom. The maximum Gasteiger partial charge on any atom is 0.172 e. The molecule has 0 aliphatic heterocycles. The van der Waals surface area contributed by atoms with Gasteiger partial charge in [0.1, 0.15) is 24.2 Å². The summed E-state index contributed by atoms with van der Waals surface area (Å²) in [6, 6.07) is 3.40. The fraction of sp³-hybridized carbons (Fsp3) is 0.455. The first-order valence-electron chi connectivity index (χ1n) is 4.90. The number of aliphatic hydroxyl groups is 1. The van der Waals surface area contributed by atoms with Crippen LogP contribution in [0.4, 0.5) is 0 Å². The van der Waals surface area contributed by atoms with Gasteiger partial charge in [-0.1, -0.05) is 0 Å². The Bertz CT molecular complexity index is 354. The SMILES string of the molecule is COCC(O)COc1ccc(C)nc1C=O. The Morgan fingerprint density at radius 2 is 2.25 bits per heavy atom. The van der Waals surface area contributed by atoms with Gasteiger partial charge in [-0.2, -0.15) is 0 Å². The maximum atomic E-state index is 10.7. The molecule has 5 nitrogen and oxygen atoms in total. The molecule has 0 bridgehead atoms. The van der Waals surface area contributed by atoms with E-state index in [0.29, 0.717) is 12.0 Å². The van der Waals surface area contributed by atoms with E-state index in [1.165, 1.54) is 7.11 Å². The third kappa shape index (κ3) is 3.60. The highest BCUT2D eigenvalue weighted by Gasteiger charge is 2.08. The minimum Gasteiger partial charge on any atom is -0.488 e. The monoisotopic (exact) mass is 225 g/mol. The normalized spacial score (nSPS) is 12.2. The van der Waals surface area contributed by atoms with Crippen molar-refractivity contribution in [3.8, 4) is 5.75 Å². The van der Waals surface area contributed by atoms with Gasteiger partial charge >= 0.3 is 0 Å². The van der Waals surface area contributed by atoms with E-state index >= 15 is 0 Å². The van der Waals surface area contributed by atoms with Crippen LogP contribution in [0.1, 0.15) is 16.2 Å². The zero-order valence-corrected chi connectivity index (χ0v) is 9.34. The molecule has 0 spiro atoms. The van der Waals surface area contributed by atoms with Crippen molar-refractivity contribution in [2.75, 3.05) is 20.3 Å². The van der Waals surface area contributed by atoms with E-state index in [9.17, 15) is 9.90 Å². The summed E-state index contributed by atoms with van der Waals surface area (Å²) in [5.41, 5.74) is 0.983. The van der Waals surface area contributed by atoms with Crippen molar-refractivity contribution in [1.29, 1.82) is 0 Å². The second kappa shape index (κ2) is 6.19. The average Bonchev–Trinajstić information content (AvgIpc) is 2.27. The number of hydrogen-bond acceptors (Lipinski definition) is 5. The minimum atomic E-state index is -0.717. The van der Waals surface area contributed by atoms with Gasteiger partial charge in [0.25, 0.3) is 0 Å². The molecular weight excluding hydrogens is 210 g/mol. The summed E-state index contributed by atoms with van der Waals surface area (Å²) in [5.74, 6) is 0.371. The lowest BCUT2D eigenvalue weighted by Gasteiger charge is -2.12. The number of ether oxygens (including phenoxy) is 2. The largest absolute Gasteiger partial charge is 0.488 e. The maximum absolute atomic E-state index is 10.7. The molecule has 0 amide bonds. The van der Waals surface area contributed by atoms with E-state index in [1.807, 2.05) is 0 Å². The van der Waals surface area contributed by atoms with Crippen molar-refractivity contribution in [3.63, 3.8) is 0 Å². The smallest absolute Gasteiger partial charge is 0.172 e. The van der Waals surface area contributed by atoms with Crippen LogP contribution in [0.25, 0.3) is 0 Å². The molecule has 0 saturated heterocycles. The van der Waals surface area contributed by atoms with Crippen molar-refractivity contribution in [1.82, 2.24) is 4.98 Å². The van der Waals surface area contributed by atoms with Crippen molar-refractivity contribution in [2.24, 2.45) is 0 Å². The van der Waals surface area contributed by atoms with Crippen LogP contribution in [0.15, 0.2) is 12.1 Å². The fourth-order valence-electron chi connectivity index (χ4n) is 1.20. The van der Waals surface area contributed by atoms with Crippen LogP contribution in [0, 0.1) is 6.92 Å². The van der Waals surface area contributed by atoms with Crippen molar-refractivity contribution >= 4 is 6.29 Å². The van der Waals surface area contributed by atoms with E-state index < -0.39 is 6.10 Å². The van der Waals surface area contributed by atoms with Crippen LogP contribution in [0.2, 0.25) is 0 Å². The van der Waals surface area contributed by atoms with Crippen LogP contribution < -0.4 is 4.74 Å². The highest BCUT2D eigenvalue weighted by atomic mass is 16.5. The molecule has 16 heavy (non-hydrogen) atoms. The zero-order valence-electron chi connectivity index (χ0n) is 9.34. The number of carbonyl (C=O) groups is 1. The standard InChI is InChI=1S/C11H15NO4/c1-8-3-4-11(10(5-13)12-8)16-7-9(14)6-15-2/h3-5,9,14H,6-7H2,1-2H3. The molecule has 1 unspecified atom stereocenters. The number of methoxy groups -OCH3 is 1. The summed E-state index contributed by atoms with van der Waals surface area (Å²) < 4.78 is 10.0. The van der Waals surface area contributed by atoms with Gasteiger partial charge in [0, 0.05) is 12.8 Å². The second-order valence-corrected chi connectivity index (χ2v) is 3.37. The van der Waals surface area contributed by atoms with Crippen LogP contribution in [-0.4, -0.2) is 42.8 Å². The van der Waals surface area contributed by atoms with E-state index in [1.54, 1.807) is 19.1 Å². The molecule has 0 aromatic carbocycles. The molecule has 1 aromatic heterocycles. The molecular formula is C11H15NO4. The number of hydrogen-bond donors (Lipinski definition) is 1. The summed E-state index contributed by atoms with van der Waals surface area (Å²) in [6.45, 7) is 2.05. The Hall–Kier alpha value is -1.46. The molecule has 0 saturated carbocycles. The van der Waals surface area contributed by atoms with E-state index in [-0.39, 0.29) is 18.9 Å². The van der Waals surface area contributed by atoms with Gasteiger partial charge < -0.3 is 14.6 Å². The number of aromatic nitrogens is 1. The van der Waals surface area contributed by atoms with Crippen LogP contribution >= 0.6 is 0 Å². The molecule has 1 atom stereocenters. The summed E-state index contributed by atoms with van der Waals surface area (Å²) in [4.78, 5) is 14.7. The number of rotatable bonds is 6. The molecule has 1 rings (SSSR count). The molecule has 0 aliphatic rings. The second-order valence-electron chi connectivity index (χ2n) is 3.37. The number of pyridine rings is 1. The first-order valence-corrected chi connectivity index (χ1v) is 4.90. The van der Waals surface area contributed by atoms with Gasteiger partial charge in [0.05, 0.1) is 6.61 Å². The number of carbonyl (C=O) groups excluding carboxylic acids is 1. The molecule has 5 heteroatoms. The first kappa shape index (κ1) is 12.6. The summed E-state index contributed by atoms with van der Waals surface area (Å²) >= 11 is 0. The van der Waals surface area contributed by atoms with Crippen LogP contribution in [-0.2, 0) is 4.74 Å². The molecule has 0 aliphatic carbocycles. The summed E-state index contributed by atoms with van der Waals surface area (Å²) in [7, 11) is 1.49. The van der Waals surface area contributed by atoms with Gasteiger partial charge in [0.15, 0.2) is 6.29 Å². The predicted molar refractivity (Wildman–Crippen MR) is 57.7 cm³/mol. The predicted octanol–water partition coefficient (Wildman–Crippen LogP) is 0.589. The van der Waals surface area contributed by atoms with Crippen molar-refractivity contribution < 1.29 is 19.4 Å². The summed E-state index contributed by atoms with van der Waals surface area (Å²) in [6.07, 6.45) is -0.0869. The zero-order chi connectivity index (χ0) is 12.0. The molecule has 1 aromatic rings. The molecule has 1 heterocycles. The van der Waals surface area contributed by atoms with Gasteiger partial charge in [-0.15, -0.1) is 0 Å². The number of aldehydes is 1. The van der Waals surface area contributed by atoms with Crippen LogP contribution in [0.5, 0.6) is 5.75 Å². The molecule has 1 N–H and O–H groups in total. The quantitative estimate of drug-likeness (QED) is 0.717. The summed E-state index contributed by atoms with van der Waals surface area (Å²) in [5, 5.41) is 9.37. The third-order valence-corrected chi connectivity index (χ3v) is 1.93. The van der Waals surface area contributed by atoms with Gasteiger partial charge in [0.2, 0.25) is 0 Å². The minimum absolute atomic E-state index is 0.0689. The Balaban J connectivity index is 2.62. The molecule has 0 radical (unpaired) electrons. The molecule has 88 valence electrons. The first-order chi connectivity index (χ1) is 7.67. The van der Waals surface area contributed by atoms with Crippen molar-refractivity contribution in [2.45, 2.75) is 13.0 Å². The number of nitrogens with zero attached hydrogens (tertiary/aromatic N) is 1. The Labute approximate surface area is 94.0 Å². The highest BCUT2D eigenvalue weighted by Crippen LogP contribution is 2.15. The molecule has 0 fully saturated rings. The highest BCUT2D eigenvalue weighted by molar-refractivity contribution is 5.76. The average molecular weight is 225 g/mol. The Morgan fingerprint density at radius 3 is 2.88 bits per heavy atom. The fourth-order valence-corrected chi connectivity index (χ4v) is 1.20. The van der Waals surface area contributed by atoms with Crippen LogP contribution in [0.3, 0.4) is 0 Å². The lowest BCUT2D eigenvalue weighted by molar-refractivity contribution is 0.0322. The van der Waals surface area contributed by atoms with E-state index in [2.05, 4.69) is 4.98 Å². The van der Waals surface area contributed by atoms with E-state index in [4.69, 9.17) is 9.47 Å². The third-order valence-electron chi connectivity index (χ3n) is 1.93. The van der Waals surface area contributed by atoms with Crippen molar-refractivity contribution in [3.05, 3.63) is 23.5 Å². The van der Waals surface area contributed by atoms with Gasteiger partial charge in [-0.3, -0.25) is 4.79 Å². The number of aliphatic hydroxyl groups excluding tert-OH is 1. The van der Waals surface area contributed by atoms with Gasteiger partial charge in [-0.05, 0) is 19.1 Å². The topological polar surface area (TPSA) is 68.7 Å². The lowest BCUT2D eigenvalue weighted by atomic mass is 10.3. The number of aryl methyl sites for hydroxylation is 1. The van der Waals surface area contributed by atoms with E-state index in [0.717, 1.165) is 5.69 Å².